The summed E-state index contributed by atoms with van der Waals surface area (Å²) in [7, 11) is 4.30. The summed E-state index contributed by atoms with van der Waals surface area (Å²) in [6, 6.07) is 15.5. The molecule has 0 N–H and O–H groups in total. The van der Waals surface area contributed by atoms with Crippen LogP contribution in [0.3, 0.4) is 0 Å². The Morgan fingerprint density at radius 3 is 2.73 bits per heavy atom. The quantitative estimate of drug-likeness (QED) is 0.416. The number of anilines is 1. The van der Waals surface area contributed by atoms with Crippen LogP contribution in [-0.4, -0.2) is 58.0 Å². The van der Waals surface area contributed by atoms with E-state index < -0.39 is 0 Å². The van der Waals surface area contributed by atoms with Crippen LogP contribution >= 0.6 is 0 Å². The van der Waals surface area contributed by atoms with Crippen molar-refractivity contribution in [1.82, 2.24) is 24.2 Å². The minimum absolute atomic E-state index is 0.226. The highest BCUT2D eigenvalue weighted by atomic mass is 19.1. The molecule has 0 aliphatic carbocycles. The van der Waals surface area contributed by atoms with Crippen molar-refractivity contribution in [2.75, 3.05) is 38.6 Å². The number of benzene rings is 2. The number of fused-ring (bicyclic) bond motifs is 5. The fourth-order valence-electron chi connectivity index (χ4n) is 5.24. The molecule has 4 heterocycles. The Bertz CT molecular complexity index is 1300. The van der Waals surface area contributed by atoms with Crippen LogP contribution in [0.5, 0.6) is 0 Å². The number of halogens is 1. The number of hydrogen-bond acceptors (Lipinski definition) is 4. The third kappa shape index (κ3) is 3.62. The summed E-state index contributed by atoms with van der Waals surface area (Å²) in [5, 5.41) is 4.55. The van der Waals surface area contributed by atoms with E-state index in [0.29, 0.717) is 5.92 Å². The highest BCUT2D eigenvalue weighted by Crippen LogP contribution is 2.35. The normalized spacial score (nSPS) is 17.1. The molecule has 0 saturated carbocycles. The molecule has 2 aromatic carbocycles. The number of hydrogen-bond donors (Lipinski definition) is 0. The van der Waals surface area contributed by atoms with Crippen molar-refractivity contribution in [3.8, 4) is 28.3 Å². The van der Waals surface area contributed by atoms with Gasteiger partial charge in [0.15, 0.2) is 5.82 Å². The average molecular weight is 443 g/mol. The smallest absolute Gasteiger partial charge is 0.179 e. The van der Waals surface area contributed by atoms with Crippen molar-refractivity contribution in [3.05, 3.63) is 72.4 Å². The predicted molar refractivity (Wildman–Crippen MR) is 128 cm³/mol. The van der Waals surface area contributed by atoms with E-state index in [0.717, 1.165) is 54.5 Å². The van der Waals surface area contributed by atoms with Crippen molar-refractivity contribution in [1.29, 1.82) is 0 Å². The number of aromatic nitrogens is 4. The molecule has 1 atom stereocenters. The first kappa shape index (κ1) is 20.2. The fraction of sp³-hybridized carbons (Fsp3) is 0.308. The second kappa shape index (κ2) is 7.85. The summed E-state index contributed by atoms with van der Waals surface area (Å²) >= 11 is 0. The molecule has 2 aliphatic heterocycles. The van der Waals surface area contributed by atoms with Crippen LogP contribution in [0.2, 0.25) is 0 Å². The van der Waals surface area contributed by atoms with Crippen molar-refractivity contribution in [2.24, 2.45) is 5.92 Å². The van der Waals surface area contributed by atoms with E-state index in [1.165, 1.54) is 29.8 Å². The van der Waals surface area contributed by atoms with Crippen LogP contribution in [0.25, 0.3) is 28.3 Å². The molecule has 2 aromatic heterocycles. The molecule has 1 unspecified atom stereocenters. The topological polar surface area (TPSA) is 42.1 Å². The monoisotopic (exact) mass is 442 g/mol. The molecule has 4 aromatic rings. The molecule has 0 bridgehead atoms. The van der Waals surface area contributed by atoms with Crippen LogP contribution in [0.15, 0.2) is 61.1 Å². The molecule has 0 radical (unpaired) electrons. The first-order valence-electron chi connectivity index (χ1n) is 11.4. The molecule has 0 amide bonds. The Morgan fingerprint density at radius 2 is 1.91 bits per heavy atom. The molecule has 33 heavy (non-hydrogen) atoms. The van der Waals surface area contributed by atoms with E-state index in [1.54, 1.807) is 6.33 Å². The summed E-state index contributed by atoms with van der Waals surface area (Å²) in [6.45, 7) is 4.05. The van der Waals surface area contributed by atoms with Gasteiger partial charge in [-0.05, 0) is 74.0 Å². The summed E-state index contributed by atoms with van der Waals surface area (Å²) in [6.07, 6.45) is 4.97. The third-order valence-electron chi connectivity index (χ3n) is 6.76. The first-order valence-corrected chi connectivity index (χ1v) is 11.4. The van der Waals surface area contributed by atoms with Gasteiger partial charge in [0.05, 0.1) is 11.4 Å². The van der Waals surface area contributed by atoms with E-state index >= 15 is 0 Å². The van der Waals surface area contributed by atoms with Gasteiger partial charge < -0.3 is 14.4 Å². The first-order chi connectivity index (χ1) is 16.0. The Balaban J connectivity index is 1.37. The zero-order chi connectivity index (χ0) is 22.5. The summed E-state index contributed by atoms with van der Waals surface area (Å²) in [5.41, 5.74) is 6.60. The van der Waals surface area contributed by atoms with Gasteiger partial charge >= 0.3 is 0 Å². The second-order valence-electron chi connectivity index (χ2n) is 9.42. The van der Waals surface area contributed by atoms with E-state index in [1.807, 2.05) is 16.8 Å². The van der Waals surface area contributed by atoms with Crippen LogP contribution < -0.4 is 4.90 Å². The third-order valence-corrected chi connectivity index (χ3v) is 6.76. The Morgan fingerprint density at radius 1 is 1.06 bits per heavy atom. The highest BCUT2D eigenvalue weighted by Gasteiger charge is 2.26. The summed E-state index contributed by atoms with van der Waals surface area (Å²) < 4.78 is 17.6. The Kier molecular flexibility index (Phi) is 4.80. The van der Waals surface area contributed by atoms with E-state index in [9.17, 15) is 4.39 Å². The lowest BCUT2D eigenvalue weighted by Crippen LogP contribution is -2.25. The minimum Gasteiger partial charge on any atom is -0.371 e. The molecule has 6 nitrogen and oxygen atoms in total. The van der Waals surface area contributed by atoms with Gasteiger partial charge in [-0.1, -0.05) is 12.1 Å². The zero-order valence-electron chi connectivity index (χ0n) is 18.9. The number of nitrogens with zero attached hydrogens (tertiary/aromatic N) is 6. The molecule has 2 aliphatic rings. The second-order valence-corrected chi connectivity index (χ2v) is 9.42. The van der Waals surface area contributed by atoms with Crippen LogP contribution in [0, 0.1) is 11.7 Å². The standard InChI is InChI=1S/C26H27FN6/c1-30(2)13-18-9-10-31(14-18)23-7-8-24-21(11-23)16-32-15-20(19-3-5-22(27)6-4-19)12-25(32)26-28-17-29-33(24)26/h3-8,11-12,15,17-18H,9-10,13-14,16H2,1-2H3. The van der Waals surface area contributed by atoms with Gasteiger partial charge in [-0.15, -0.1) is 0 Å². The van der Waals surface area contributed by atoms with E-state index in [-0.39, 0.29) is 5.82 Å². The Labute approximate surface area is 192 Å². The molecular weight excluding hydrogens is 415 g/mol. The van der Waals surface area contributed by atoms with Gasteiger partial charge in [0, 0.05) is 43.6 Å². The molecule has 1 saturated heterocycles. The van der Waals surface area contributed by atoms with Crippen molar-refractivity contribution < 1.29 is 4.39 Å². The van der Waals surface area contributed by atoms with E-state index in [2.05, 4.69) is 69.0 Å². The van der Waals surface area contributed by atoms with Crippen molar-refractivity contribution in [3.63, 3.8) is 0 Å². The fourth-order valence-corrected chi connectivity index (χ4v) is 5.24. The molecule has 1 fully saturated rings. The average Bonchev–Trinajstić information content (AvgIpc) is 3.53. The van der Waals surface area contributed by atoms with Gasteiger partial charge in [-0.3, -0.25) is 0 Å². The molecular formula is C26H27FN6. The van der Waals surface area contributed by atoms with Gasteiger partial charge in [-0.25, -0.2) is 14.1 Å². The lowest BCUT2D eigenvalue weighted by Gasteiger charge is -2.21. The molecule has 0 spiro atoms. The highest BCUT2D eigenvalue weighted by molar-refractivity contribution is 5.71. The van der Waals surface area contributed by atoms with Gasteiger partial charge in [-0.2, -0.15) is 5.10 Å². The van der Waals surface area contributed by atoms with Crippen molar-refractivity contribution >= 4 is 5.69 Å². The van der Waals surface area contributed by atoms with Gasteiger partial charge in [0.25, 0.3) is 0 Å². The van der Waals surface area contributed by atoms with Crippen LogP contribution in [0.4, 0.5) is 10.1 Å². The van der Waals surface area contributed by atoms with E-state index in [4.69, 9.17) is 0 Å². The van der Waals surface area contributed by atoms with Gasteiger partial charge in [0.2, 0.25) is 0 Å². The van der Waals surface area contributed by atoms with Crippen molar-refractivity contribution in [2.45, 2.75) is 13.0 Å². The van der Waals surface area contributed by atoms with Crippen LogP contribution in [-0.2, 0) is 6.54 Å². The summed E-state index contributed by atoms with van der Waals surface area (Å²) in [4.78, 5) is 9.35. The SMILES string of the molecule is CN(C)CC1CCN(c2ccc3c(c2)Cn2cc(-c4ccc(F)cc4)cc2-c2ncnn2-3)C1. The number of rotatable bonds is 4. The maximum Gasteiger partial charge on any atom is 0.179 e. The molecule has 6 rings (SSSR count). The predicted octanol–water partition coefficient (Wildman–Crippen LogP) is 4.29. The largest absolute Gasteiger partial charge is 0.371 e. The van der Waals surface area contributed by atoms with Crippen LogP contribution in [0.1, 0.15) is 12.0 Å². The molecule has 168 valence electrons. The lowest BCUT2D eigenvalue weighted by atomic mass is 10.1. The molecule has 7 heteroatoms. The Hall–Kier alpha value is -3.45. The maximum atomic E-state index is 13.4. The zero-order valence-corrected chi connectivity index (χ0v) is 18.9. The minimum atomic E-state index is -0.226. The maximum absolute atomic E-state index is 13.4. The van der Waals surface area contributed by atoms with Gasteiger partial charge in [0.1, 0.15) is 12.1 Å². The summed E-state index contributed by atoms with van der Waals surface area (Å²) in [5.74, 6) is 1.30. The lowest BCUT2D eigenvalue weighted by molar-refractivity contribution is 0.340.